The van der Waals surface area contributed by atoms with Crippen molar-refractivity contribution in [3.63, 3.8) is 0 Å². The van der Waals surface area contributed by atoms with E-state index < -0.39 is 5.76 Å². The van der Waals surface area contributed by atoms with Crippen LogP contribution in [0, 0.1) is 0 Å². The third kappa shape index (κ3) is 4.27. The van der Waals surface area contributed by atoms with Crippen molar-refractivity contribution < 1.29 is 9.21 Å². The zero-order chi connectivity index (χ0) is 20.2. The SMILES string of the molecule is CCC(CNC(=O)CCn1c(=O)oc2ccccc21)N1CCc2ccccc2C1. The summed E-state index contributed by atoms with van der Waals surface area (Å²) in [7, 11) is 0. The van der Waals surface area contributed by atoms with Gasteiger partial charge in [0.05, 0.1) is 5.52 Å². The molecule has 0 radical (unpaired) electrons. The Morgan fingerprint density at radius 1 is 1.14 bits per heavy atom. The van der Waals surface area contributed by atoms with Gasteiger partial charge in [0.1, 0.15) is 0 Å². The molecule has 0 bridgehead atoms. The van der Waals surface area contributed by atoms with Crippen molar-refractivity contribution in [1.29, 1.82) is 0 Å². The standard InChI is InChI=1S/C23H27N3O3/c1-2-19(25-13-11-17-7-3-4-8-18(17)16-25)15-24-22(27)12-14-26-20-9-5-6-10-21(20)29-23(26)28/h3-10,19H,2,11-16H2,1H3,(H,24,27). The second kappa shape index (κ2) is 8.66. The van der Waals surface area contributed by atoms with Crippen molar-refractivity contribution in [1.82, 2.24) is 14.8 Å². The van der Waals surface area contributed by atoms with E-state index in [0.29, 0.717) is 24.7 Å². The van der Waals surface area contributed by atoms with Crippen molar-refractivity contribution in [2.45, 2.75) is 45.3 Å². The number of nitrogens with one attached hydrogen (secondary N) is 1. The lowest BCUT2D eigenvalue weighted by Crippen LogP contribution is -2.45. The highest BCUT2D eigenvalue weighted by atomic mass is 16.4. The van der Waals surface area contributed by atoms with Gasteiger partial charge in [0.25, 0.3) is 0 Å². The van der Waals surface area contributed by atoms with Crippen LogP contribution >= 0.6 is 0 Å². The Morgan fingerprint density at radius 2 is 1.90 bits per heavy atom. The fourth-order valence-corrected chi connectivity index (χ4v) is 4.12. The average molecular weight is 393 g/mol. The molecule has 1 aliphatic heterocycles. The maximum absolute atomic E-state index is 12.4. The van der Waals surface area contributed by atoms with Crippen LogP contribution < -0.4 is 11.1 Å². The van der Waals surface area contributed by atoms with E-state index in [1.54, 1.807) is 6.07 Å². The van der Waals surface area contributed by atoms with E-state index in [2.05, 4.69) is 41.4 Å². The average Bonchev–Trinajstić information content (AvgIpc) is 3.07. The Labute approximate surface area is 170 Å². The first-order chi connectivity index (χ1) is 14.2. The van der Waals surface area contributed by atoms with Gasteiger partial charge in [-0.2, -0.15) is 0 Å². The second-order valence-corrected chi connectivity index (χ2v) is 7.59. The fourth-order valence-electron chi connectivity index (χ4n) is 4.12. The number of amides is 1. The third-order valence-corrected chi connectivity index (χ3v) is 5.82. The maximum Gasteiger partial charge on any atom is 0.419 e. The number of oxazole rings is 1. The number of hydrogen-bond acceptors (Lipinski definition) is 4. The van der Waals surface area contributed by atoms with Crippen LogP contribution in [0.4, 0.5) is 0 Å². The minimum absolute atomic E-state index is 0.0435. The molecule has 2 aromatic carbocycles. The van der Waals surface area contributed by atoms with Crippen LogP contribution in [0.5, 0.6) is 0 Å². The third-order valence-electron chi connectivity index (χ3n) is 5.82. The Hall–Kier alpha value is -2.86. The summed E-state index contributed by atoms with van der Waals surface area (Å²) in [5, 5.41) is 3.06. The quantitative estimate of drug-likeness (QED) is 0.670. The molecule has 29 heavy (non-hydrogen) atoms. The van der Waals surface area contributed by atoms with Gasteiger partial charge in [-0.3, -0.25) is 14.3 Å². The summed E-state index contributed by atoms with van der Waals surface area (Å²) < 4.78 is 6.75. The van der Waals surface area contributed by atoms with E-state index in [-0.39, 0.29) is 12.3 Å². The zero-order valence-corrected chi connectivity index (χ0v) is 16.8. The molecule has 4 rings (SSSR count). The molecular weight excluding hydrogens is 366 g/mol. The van der Waals surface area contributed by atoms with E-state index in [1.165, 1.54) is 15.7 Å². The number of aryl methyl sites for hydroxylation is 1. The number of nitrogens with zero attached hydrogens (tertiary/aromatic N) is 2. The molecule has 6 nitrogen and oxygen atoms in total. The van der Waals surface area contributed by atoms with Crippen LogP contribution in [0.15, 0.2) is 57.7 Å². The summed E-state index contributed by atoms with van der Waals surface area (Å²) in [6, 6.07) is 16.2. The summed E-state index contributed by atoms with van der Waals surface area (Å²) in [6.07, 6.45) is 2.29. The first-order valence-corrected chi connectivity index (χ1v) is 10.3. The molecule has 0 aliphatic carbocycles. The largest absolute Gasteiger partial charge is 0.419 e. The molecule has 1 N–H and O–H groups in total. The Bertz CT molecular complexity index is 1050. The van der Waals surface area contributed by atoms with Gasteiger partial charge in [-0.25, -0.2) is 4.79 Å². The first kappa shape index (κ1) is 19.5. The lowest BCUT2D eigenvalue weighted by Gasteiger charge is -2.35. The van der Waals surface area contributed by atoms with Crippen LogP contribution in [0.3, 0.4) is 0 Å². The number of aromatic nitrogens is 1. The molecule has 6 heteroatoms. The number of carbonyl (C=O) groups is 1. The lowest BCUT2D eigenvalue weighted by atomic mass is 9.98. The van der Waals surface area contributed by atoms with Crippen LogP contribution in [-0.4, -0.2) is 34.5 Å². The van der Waals surface area contributed by atoms with Gasteiger partial charge in [-0.15, -0.1) is 0 Å². The van der Waals surface area contributed by atoms with Gasteiger partial charge in [0.15, 0.2) is 5.58 Å². The highest BCUT2D eigenvalue weighted by molar-refractivity contribution is 5.76. The maximum atomic E-state index is 12.4. The molecule has 0 fully saturated rings. The summed E-state index contributed by atoms with van der Waals surface area (Å²) in [6.45, 7) is 5.05. The van der Waals surface area contributed by atoms with Crippen molar-refractivity contribution in [2.75, 3.05) is 13.1 Å². The normalized spacial score (nSPS) is 15.2. The highest BCUT2D eigenvalue weighted by Crippen LogP contribution is 2.21. The number of para-hydroxylation sites is 2. The number of rotatable bonds is 7. The molecule has 0 saturated heterocycles. The molecule has 1 amide bonds. The fraction of sp³-hybridized carbons (Fsp3) is 0.391. The monoisotopic (exact) mass is 393 g/mol. The van der Waals surface area contributed by atoms with E-state index in [0.717, 1.165) is 31.4 Å². The summed E-state index contributed by atoms with van der Waals surface area (Å²) in [4.78, 5) is 26.9. The van der Waals surface area contributed by atoms with Crippen molar-refractivity contribution in [2.24, 2.45) is 0 Å². The lowest BCUT2D eigenvalue weighted by molar-refractivity contribution is -0.121. The van der Waals surface area contributed by atoms with E-state index >= 15 is 0 Å². The number of hydrogen-bond donors (Lipinski definition) is 1. The number of benzene rings is 2. The summed E-state index contributed by atoms with van der Waals surface area (Å²) >= 11 is 0. The second-order valence-electron chi connectivity index (χ2n) is 7.59. The van der Waals surface area contributed by atoms with Crippen LogP contribution in [0.25, 0.3) is 11.1 Å². The topological polar surface area (TPSA) is 67.5 Å². The van der Waals surface area contributed by atoms with E-state index in [4.69, 9.17) is 4.42 Å². The smallest absolute Gasteiger partial charge is 0.408 e. The molecule has 1 aliphatic rings. The summed E-state index contributed by atoms with van der Waals surface area (Å²) in [5.41, 5.74) is 4.09. The molecule has 2 heterocycles. The molecule has 152 valence electrons. The minimum atomic E-state index is -0.419. The van der Waals surface area contributed by atoms with Crippen molar-refractivity contribution in [3.8, 4) is 0 Å². The Balaban J connectivity index is 1.31. The molecule has 1 unspecified atom stereocenters. The predicted octanol–water partition coefficient (Wildman–Crippen LogP) is 2.94. The zero-order valence-electron chi connectivity index (χ0n) is 16.8. The van der Waals surface area contributed by atoms with Crippen LogP contribution in [0.2, 0.25) is 0 Å². The predicted molar refractivity (Wildman–Crippen MR) is 113 cm³/mol. The van der Waals surface area contributed by atoms with Crippen molar-refractivity contribution >= 4 is 17.0 Å². The van der Waals surface area contributed by atoms with Crippen LogP contribution in [0.1, 0.15) is 30.9 Å². The molecule has 0 spiro atoms. The molecular formula is C23H27N3O3. The van der Waals surface area contributed by atoms with Gasteiger partial charge >= 0.3 is 5.76 Å². The number of carbonyl (C=O) groups excluding carboxylic acids is 1. The Morgan fingerprint density at radius 3 is 2.72 bits per heavy atom. The van der Waals surface area contributed by atoms with Gasteiger partial charge in [-0.1, -0.05) is 43.3 Å². The molecule has 0 saturated carbocycles. The Kier molecular flexibility index (Phi) is 5.81. The van der Waals surface area contributed by atoms with Gasteiger partial charge < -0.3 is 9.73 Å². The summed E-state index contributed by atoms with van der Waals surface area (Å²) in [5.74, 6) is -0.463. The van der Waals surface area contributed by atoms with Gasteiger partial charge in [0, 0.05) is 38.6 Å². The highest BCUT2D eigenvalue weighted by Gasteiger charge is 2.22. The molecule has 1 atom stereocenters. The van der Waals surface area contributed by atoms with E-state index in [9.17, 15) is 9.59 Å². The van der Waals surface area contributed by atoms with Gasteiger partial charge in [-0.05, 0) is 36.1 Å². The first-order valence-electron chi connectivity index (χ1n) is 10.3. The van der Waals surface area contributed by atoms with Crippen molar-refractivity contribution in [3.05, 3.63) is 70.2 Å². The molecule has 1 aromatic heterocycles. The minimum Gasteiger partial charge on any atom is -0.408 e. The van der Waals surface area contributed by atoms with Crippen LogP contribution in [-0.2, 0) is 24.3 Å². The number of fused-ring (bicyclic) bond motifs is 2. The molecule has 3 aromatic rings. The van der Waals surface area contributed by atoms with E-state index in [1.807, 2.05) is 18.2 Å². The van der Waals surface area contributed by atoms with Gasteiger partial charge in [0.2, 0.25) is 5.91 Å².